The maximum Gasteiger partial charge on any atom is 0.336 e. The van der Waals surface area contributed by atoms with Crippen LogP contribution in [0.15, 0.2) is 46.9 Å². The molecule has 0 unspecified atom stereocenters. The van der Waals surface area contributed by atoms with Gasteiger partial charge < -0.3 is 5.11 Å². The van der Waals surface area contributed by atoms with Gasteiger partial charge in [0.1, 0.15) is 0 Å². The van der Waals surface area contributed by atoms with Gasteiger partial charge >= 0.3 is 5.97 Å². The molecule has 1 N–H and O–H groups in total. The van der Waals surface area contributed by atoms with E-state index in [9.17, 15) is 4.79 Å². The van der Waals surface area contributed by atoms with Crippen LogP contribution < -0.4 is 0 Å². The van der Waals surface area contributed by atoms with E-state index in [1.807, 2.05) is 37.3 Å². The first kappa shape index (κ1) is 11.9. The number of aryl methyl sites for hydroxylation is 1. The van der Waals surface area contributed by atoms with Crippen molar-refractivity contribution in [1.29, 1.82) is 0 Å². The Bertz CT molecular complexity index is 576. The van der Waals surface area contributed by atoms with E-state index in [1.54, 1.807) is 6.07 Å². The topological polar surface area (TPSA) is 37.3 Å². The van der Waals surface area contributed by atoms with Gasteiger partial charge in [0.25, 0.3) is 0 Å². The standard InChI is InChI=1S/C14H11BrO2/c1-9-3-2-4-10(7-9)11-5-6-12(14(16)17)13(15)8-11/h2-8H,1H3,(H,16,17). The number of carboxylic acids is 1. The van der Waals surface area contributed by atoms with Crippen LogP contribution in [0.5, 0.6) is 0 Å². The minimum atomic E-state index is -0.923. The predicted octanol–water partition coefficient (Wildman–Crippen LogP) is 4.12. The van der Waals surface area contributed by atoms with Crippen LogP contribution in [0.4, 0.5) is 0 Å². The van der Waals surface area contributed by atoms with Crippen molar-refractivity contribution in [3.63, 3.8) is 0 Å². The van der Waals surface area contributed by atoms with Crippen LogP contribution in [0.25, 0.3) is 11.1 Å². The number of halogens is 1. The highest BCUT2D eigenvalue weighted by atomic mass is 79.9. The van der Waals surface area contributed by atoms with E-state index in [-0.39, 0.29) is 5.56 Å². The molecule has 0 heterocycles. The zero-order valence-corrected chi connectivity index (χ0v) is 10.9. The molecule has 0 radical (unpaired) electrons. The third kappa shape index (κ3) is 2.56. The van der Waals surface area contributed by atoms with E-state index < -0.39 is 5.97 Å². The summed E-state index contributed by atoms with van der Waals surface area (Å²) >= 11 is 3.28. The molecule has 0 amide bonds. The van der Waals surface area contributed by atoms with Gasteiger partial charge in [-0.05, 0) is 46.1 Å². The highest BCUT2D eigenvalue weighted by Crippen LogP contribution is 2.26. The van der Waals surface area contributed by atoms with Gasteiger partial charge in [0.15, 0.2) is 0 Å². The molecule has 0 aromatic heterocycles. The Kier molecular flexibility index (Phi) is 3.29. The lowest BCUT2D eigenvalue weighted by atomic mass is 10.0. The van der Waals surface area contributed by atoms with Crippen molar-refractivity contribution in [3.05, 3.63) is 58.1 Å². The number of carbonyl (C=O) groups is 1. The molecule has 0 atom stereocenters. The van der Waals surface area contributed by atoms with Gasteiger partial charge in [0.2, 0.25) is 0 Å². The monoisotopic (exact) mass is 290 g/mol. The van der Waals surface area contributed by atoms with Crippen LogP contribution in [0.1, 0.15) is 15.9 Å². The van der Waals surface area contributed by atoms with Crippen molar-refractivity contribution in [2.45, 2.75) is 6.92 Å². The molecule has 0 fully saturated rings. The smallest absolute Gasteiger partial charge is 0.336 e. The van der Waals surface area contributed by atoms with Crippen molar-refractivity contribution >= 4 is 21.9 Å². The maximum atomic E-state index is 10.9. The first-order chi connectivity index (χ1) is 8.08. The van der Waals surface area contributed by atoms with E-state index in [0.29, 0.717) is 4.47 Å². The highest BCUT2D eigenvalue weighted by Gasteiger charge is 2.09. The molecule has 2 aromatic carbocycles. The van der Waals surface area contributed by atoms with Crippen molar-refractivity contribution in [2.75, 3.05) is 0 Å². The quantitative estimate of drug-likeness (QED) is 0.903. The predicted molar refractivity (Wildman–Crippen MR) is 71.3 cm³/mol. The van der Waals surface area contributed by atoms with Crippen molar-refractivity contribution in [2.24, 2.45) is 0 Å². The molecule has 2 nitrogen and oxygen atoms in total. The zero-order chi connectivity index (χ0) is 12.4. The molecule has 0 bridgehead atoms. The number of carboxylic acid groups (broad SMARTS) is 1. The molecule has 17 heavy (non-hydrogen) atoms. The number of rotatable bonds is 2. The summed E-state index contributed by atoms with van der Waals surface area (Å²) in [5.41, 5.74) is 3.55. The van der Waals surface area contributed by atoms with E-state index in [0.717, 1.165) is 11.1 Å². The average Bonchev–Trinajstić information content (AvgIpc) is 2.28. The van der Waals surface area contributed by atoms with Crippen LogP contribution in [0.3, 0.4) is 0 Å². The van der Waals surface area contributed by atoms with Crippen molar-refractivity contribution < 1.29 is 9.90 Å². The second-order valence-electron chi connectivity index (χ2n) is 3.87. The fourth-order valence-electron chi connectivity index (χ4n) is 1.69. The summed E-state index contributed by atoms with van der Waals surface area (Å²) in [6.45, 7) is 2.03. The largest absolute Gasteiger partial charge is 0.478 e. The van der Waals surface area contributed by atoms with Gasteiger partial charge in [-0.25, -0.2) is 4.79 Å². The normalized spacial score (nSPS) is 10.2. The molecule has 2 rings (SSSR count). The molecule has 0 saturated carbocycles. The molecule has 0 aliphatic rings. The van der Waals surface area contributed by atoms with E-state index in [2.05, 4.69) is 22.0 Å². The van der Waals surface area contributed by atoms with Gasteiger partial charge in [0, 0.05) is 4.47 Å². The lowest BCUT2D eigenvalue weighted by Gasteiger charge is -2.05. The lowest BCUT2D eigenvalue weighted by molar-refractivity contribution is 0.0696. The van der Waals surface area contributed by atoms with Crippen molar-refractivity contribution in [1.82, 2.24) is 0 Å². The Morgan fingerprint density at radius 1 is 1.12 bits per heavy atom. The van der Waals surface area contributed by atoms with Gasteiger partial charge in [-0.15, -0.1) is 0 Å². The second-order valence-corrected chi connectivity index (χ2v) is 4.72. The summed E-state index contributed by atoms with van der Waals surface area (Å²) in [7, 11) is 0. The Morgan fingerprint density at radius 2 is 1.82 bits per heavy atom. The van der Waals surface area contributed by atoms with Crippen LogP contribution in [-0.4, -0.2) is 11.1 Å². The van der Waals surface area contributed by atoms with Crippen molar-refractivity contribution in [3.8, 4) is 11.1 Å². The van der Waals surface area contributed by atoms with E-state index in [4.69, 9.17) is 5.11 Å². The number of benzene rings is 2. The third-order valence-corrected chi connectivity index (χ3v) is 3.21. The zero-order valence-electron chi connectivity index (χ0n) is 9.27. The molecule has 0 aliphatic heterocycles. The summed E-state index contributed by atoms with van der Waals surface area (Å²) in [4.78, 5) is 10.9. The molecule has 86 valence electrons. The summed E-state index contributed by atoms with van der Waals surface area (Å²) in [5.74, 6) is -0.923. The van der Waals surface area contributed by atoms with Crippen LogP contribution >= 0.6 is 15.9 Å². The maximum absolute atomic E-state index is 10.9. The van der Waals surface area contributed by atoms with Crippen LogP contribution in [0, 0.1) is 6.92 Å². The second kappa shape index (κ2) is 4.72. The Hall–Kier alpha value is -1.61. The van der Waals surface area contributed by atoms with Gasteiger partial charge in [-0.2, -0.15) is 0 Å². The summed E-state index contributed by atoms with van der Waals surface area (Å²) in [6.07, 6.45) is 0. The van der Waals surface area contributed by atoms with Gasteiger partial charge in [-0.3, -0.25) is 0 Å². The molecular weight excluding hydrogens is 280 g/mol. The van der Waals surface area contributed by atoms with E-state index >= 15 is 0 Å². The average molecular weight is 291 g/mol. The Morgan fingerprint density at radius 3 is 2.41 bits per heavy atom. The number of aromatic carboxylic acids is 1. The molecule has 0 aliphatic carbocycles. The molecule has 0 saturated heterocycles. The summed E-state index contributed by atoms with van der Waals surface area (Å²) < 4.78 is 0.601. The minimum absolute atomic E-state index is 0.279. The first-order valence-electron chi connectivity index (χ1n) is 5.18. The first-order valence-corrected chi connectivity index (χ1v) is 5.97. The Balaban J connectivity index is 2.48. The summed E-state index contributed by atoms with van der Waals surface area (Å²) in [5, 5.41) is 8.94. The fourth-order valence-corrected chi connectivity index (χ4v) is 2.24. The lowest BCUT2D eigenvalue weighted by Crippen LogP contribution is -1.97. The van der Waals surface area contributed by atoms with Crippen LogP contribution in [-0.2, 0) is 0 Å². The number of hydrogen-bond donors (Lipinski definition) is 1. The number of hydrogen-bond acceptors (Lipinski definition) is 1. The highest BCUT2D eigenvalue weighted by molar-refractivity contribution is 9.10. The minimum Gasteiger partial charge on any atom is -0.478 e. The SMILES string of the molecule is Cc1cccc(-c2ccc(C(=O)O)c(Br)c2)c1. The van der Waals surface area contributed by atoms with E-state index in [1.165, 1.54) is 5.56 Å². The molecule has 3 heteroatoms. The fraction of sp³-hybridized carbons (Fsp3) is 0.0714. The van der Waals surface area contributed by atoms with Gasteiger partial charge in [-0.1, -0.05) is 35.9 Å². The van der Waals surface area contributed by atoms with Crippen LogP contribution in [0.2, 0.25) is 0 Å². The summed E-state index contributed by atoms with van der Waals surface area (Å²) in [6, 6.07) is 13.4. The molecule has 0 spiro atoms. The molecular formula is C14H11BrO2. The molecule has 2 aromatic rings. The third-order valence-electron chi connectivity index (χ3n) is 2.55. The Labute approximate surface area is 108 Å². The van der Waals surface area contributed by atoms with Gasteiger partial charge in [0.05, 0.1) is 5.56 Å².